The van der Waals surface area contributed by atoms with E-state index in [1.807, 2.05) is 49.6 Å². The Morgan fingerprint density at radius 3 is 2.72 bits per heavy atom. The van der Waals surface area contributed by atoms with Gasteiger partial charge in [0.15, 0.2) is 0 Å². The van der Waals surface area contributed by atoms with Gasteiger partial charge in [0.25, 0.3) is 0 Å². The highest BCUT2D eigenvalue weighted by Gasteiger charge is 2.07. The average Bonchev–Trinajstić information content (AvgIpc) is 2.76. The van der Waals surface area contributed by atoms with Gasteiger partial charge in [-0.2, -0.15) is 5.10 Å². The third-order valence-corrected chi connectivity index (χ3v) is 2.68. The van der Waals surface area contributed by atoms with Crippen molar-refractivity contribution in [3.8, 4) is 5.75 Å². The summed E-state index contributed by atoms with van der Waals surface area (Å²) in [6.45, 7) is 0.512. The van der Waals surface area contributed by atoms with E-state index in [1.165, 1.54) is 0 Å². The third-order valence-electron chi connectivity index (χ3n) is 2.68. The molecule has 2 rings (SSSR count). The molecule has 1 unspecified atom stereocenters. The van der Waals surface area contributed by atoms with Crippen LogP contribution >= 0.6 is 0 Å². The molecular weight excluding hydrogens is 228 g/mol. The molecule has 0 aliphatic heterocycles. The summed E-state index contributed by atoms with van der Waals surface area (Å²) in [6.07, 6.45) is 2.64. The van der Waals surface area contributed by atoms with Gasteiger partial charge in [-0.3, -0.25) is 4.68 Å². The molecule has 1 aromatic heterocycles. The number of aromatic nitrogens is 2. The van der Waals surface area contributed by atoms with Gasteiger partial charge in [-0.25, -0.2) is 0 Å². The first-order valence-electron chi connectivity index (χ1n) is 6.08. The number of para-hydroxylation sites is 1. The van der Waals surface area contributed by atoms with Crippen LogP contribution in [0.2, 0.25) is 0 Å². The fraction of sp³-hybridized carbons (Fsp3) is 0.357. The molecule has 96 valence electrons. The maximum Gasteiger partial charge on any atom is 0.119 e. The number of hydrogen-bond donors (Lipinski definition) is 1. The standard InChI is InChI=1S/C14H18N2O2/c1-16-9-7-12(15-16)11-13(17)8-10-18-14-5-3-2-4-6-14/h2-7,9,13,17H,8,10-11H2,1H3. The Morgan fingerprint density at radius 2 is 2.06 bits per heavy atom. The second kappa shape index (κ2) is 6.21. The number of benzene rings is 1. The van der Waals surface area contributed by atoms with Crippen LogP contribution in [0.25, 0.3) is 0 Å². The molecule has 1 atom stereocenters. The minimum Gasteiger partial charge on any atom is -0.493 e. The maximum atomic E-state index is 9.86. The van der Waals surface area contributed by atoms with Crippen LogP contribution in [0.15, 0.2) is 42.6 Å². The summed E-state index contributed by atoms with van der Waals surface area (Å²) in [4.78, 5) is 0. The maximum absolute atomic E-state index is 9.86. The highest BCUT2D eigenvalue weighted by molar-refractivity contribution is 5.20. The lowest BCUT2D eigenvalue weighted by Gasteiger charge is -2.10. The van der Waals surface area contributed by atoms with Crippen LogP contribution < -0.4 is 4.74 Å². The van der Waals surface area contributed by atoms with Crippen LogP contribution in [0, 0.1) is 0 Å². The SMILES string of the molecule is Cn1ccc(CC(O)CCOc2ccccc2)n1. The largest absolute Gasteiger partial charge is 0.493 e. The lowest BCUT2D eigenvalue weighted by Crippen LogP contribution is -2.15. The number of aliphatic hydroxyl groups is 1. The van der Waals surface area contributed by atoms with E-state index in [9.17, 15) is 5.11 Å². The zero-order valence-corrected chi connectivity index (χ0v) is 10.5. The van der Waals surface area contributed by atoms with Gasteiger partial charge in [0.2, 0.25) is 0 Å². The first-order valence-corrected chi connectivity index (χ1v) is 6.08. The summed E-state index contributed by atoms with van der Waals surface area (Å²) in [5, 5.41) is 14.1. The molecule has 4 nitrogen and oxygen atoms in total. The molecule has 0 spiro atoms. The molecule has 1 heterocycles. The van der Waals surface area contributed by atoms with Gasteiger partial charge in [-0.15, -0.1) is 0 Å². The van der Waals surface area contributed by atoms with Gasteiger partial charge in [-0.1, -0.05) is 18.2 Å². The van der Waals surface area contributed by atoms with Gasteiger partial charge in [-0.05, 0) is 18.2 Å². The van der Waals surface area contributed by atoms with Crippen LogP contribution in [0.5, 0.6) is 5.75 Å². The summed E-state index contributed by atoms with van der Waals surface area (Å²) in [5.41, 5.74) is 0.907. The van der Waals surface area contributed by atoms with Crippen LogP contribution in [-0.2, 0) is 13.5 Å². The van der Waals surface area contributed by atoms with Gasteiger partial charge >= 0.3 is 0 Å². The van der Waals surface area contributed by atoms with E-state index in [1.54, 1.807) is 4.68 Å². The fourth-order valence-corrected chi connectivity index (χ4v) is 1.75. The molecule has 1 N–H and O–H groups in total. The van der Waals surface area contributed by atoms with E-state index in [-0.39, 0.29) is 0 Å². The van der Waals surface area contributed by atoms with E-state index >= 15 is 0 Å². The van der Waals surface area contributed by atoms with Crippen molar-refractivity contribution in [2.24, 2.45) is 7.05 Å². The van der Waals surface area contributed by atoms with Gasteiger partial charge in [0, 0.05) is 26.1 Å². The fourth-order valence-electron chi connectivity index (χ4n) is 1.75. The van der Waals surface area contributed by atoms with E-state index in [2.05, 4.69) is 5.10 Å². The van der Waals surface area contributed by atoms with Gasteiger partial charge in [0.1, 0.15) is 5.75 Å². The third kappa shape index (κ3) is 3.89. The summed E-state index contributed by atoms with van der Waals surface area (Å²) < 4.78 is 7.27. The summed E-state index contributed by atoms with van der Waals surface area (Å²) in [6, 6.07) is 11.5. The van der Waals surface area contributed by atoms with E-state index in [0.717, 1.165) is 11.4 Å². The van der Waals surface area contributed by atoms with Gasteiger partial charge in [0.05, 0.1) is 18.4 Å². The lowest BCUT2D eigenvalue weighted by molar-refractivity contribution is 0.138. The Bertz CT molecular complexity index is 468. The smallest absolute Gasteiger partial charge is 0.119 e. The first-order chi connectivity index (χ1) is 8.74. The molecular formula is C14H18N2O2. The predicted molar refractivity (Wildman–Crippen MR) is 69.5 cm³/mol. The molecule has 0 aliphatic carbocycles. The molecule has 0 aliphatic rings. The zero-order valence-electron chi connectivity index (χ0n) is 10.5. The number of aliphatic hydroxyl groups excluding tert-OH is 1. The van der Waals surface area contributed by atoms with Crippen molar-refractivity contribution in [1.82, 2.24) is 9.78 Å². The van der Waals surface area contributed by atoms with E-state index in [0.29, 0.717) is 19.4 Å². The average molecular weight is 246 g/mol. The van der Waals surface area contributed by atoms with Crippen molar-refractivity contribution in [2.75, 3.05) is 6.61 Å². The normalized spacial score (nSPS) is 12.3. The Balaban J connectivity index is 1.70. The quantitative estimate of drug-likeness (QED) is 0.845. The van der Waals surface area contributed by atoms with Crippen molar-refractivity contribution >= 4 is 0 Å². The number of aryl methyl sites for hydroxylation is 1. The predicted octanol–water partition coefficient (Wildman–Crippen LogP) is 1.79. The molecule has 0 amide bonds. The molecule has 0 bridgehead atoms. The monoisotopic (exact) mass is 246 g/mol. The van der Waals surface area contributed by atoms with Crippen molar-refractivity contribution in [1.29, 1.82) is 0 Å². The van der Waals surface area contributed by atoms with Crippen LogP contribution in [-0.4, -0.2) is 27.6 Å². The molecule has 0 saturated carbocycles. The van der Waals surface area contributed by atoms with E-state index in [4.69, 9.17) is 4.74 Å². The van der Waals surface area contributed by atoms with E-state index < -0.39 is 6.10 Å². The van der Waals surface area contributed by atoms with Crippen LogP contribution in [0.4, 0.5) is 0 Å². The minimum atomic E-state index is -0.413. The Morgan fingerprint density at radius 1 is 1.28 bits per heavy atom. The highest BCUT2D eigenvalue weighted by Crippen LogP contribution is 2.10. The van der Waals surface area contributed by atoms with Crippen molar-refractivity contribution < 1.29 is 9.84 Å². The number of hydrogen-bond acceptors (Lipinski definition) is 3. The molecule has 0 fully saturated rings. The topological polar surface area (TPSA) is 47.3 Å². The number of nitrogens with zero attached hydrogens (tertiary/aromatic N) is 2. The number of ether oxygens (including phenoxy) is 1. The Hall–Kier alpha value is -1.81. The van der Waals surface area contributed by atoms with Crippen molar-refractivity contribution in [3.63, 3.8) is 0 Å². The molecule has 18 heavy (non-hydrogen) atoms. The van der Waals surface area contributed by atoms with Crippen molar-refractivity contribution in [3.05, 3.63) is 48.3 Å². The Labute approximate surface area is 107 Å². The zero-order chi connectivity index (χ0) is 12.8. The van der Waals surface area contributed by atoms with Crippen LogP contribution in [0.3, 0.4) is 0 Å². The first kappa shape index (κ1) is 12.6. The summed E-state index contributed by atoms with van der Waals surface area (Å²) >= 11 is 0. The molecule has 0 saturated heterocycles. The summed E-state index contributed by atoms with van der Waals surface area (Å²) in [5.74, 6) is 0.836. The highest BCUT2D eigenvalue weighted by atomic mass is 16.5. The molecule has 1 aromatic carbocycles. The number of rotatable bonds is 6. The molecule has 4 heteroatoms. The molecule has 0 radical (unpaired) electrons. The van der Waals surface area contributed by atoms with Gasteiger partial charge < -0.3 is 9.84 Å². The Kier molecular flexibility index (Phi) is 4.36. The summed E-state index contributed by atoms with van der Waals surface area (Å²) in [7, 11) is 1.87. The minimum absolute atomic E-state index is 0.413. The molecule has 2 aromatic rings. The van der Waals surface area contributed by atoms with Crippen LogP contribution in [0.1, 0.15) is 12.1 Å². The van der Waals surface area contributed by atoms with Crippen molar-refractivity contribution in [2.45, 2.75) is 18.9 Å². The second-order valence-electron chi connectivity index (χ2n) is 4.29. The lowest BCUT2D eigenvalue weighted by atomic mass is 10.1. The second-order valence-corrected chi connectivity index (χ2v) is 4.29.